The molecular weight excluding hydrogens is 548 g/mol. The van der Waals surface area contributed by atoms with Crippen LogP contribution in [0.25, 0.3) is 0 Å². The van der Waals surface area contributed by atoms with E-state index in [0.717, 1.165) is 10.5 Å². The summed E-state index contributed by atoms with van der Waals surface area (Å²) in [6.07, 6.45) is -0.795. The van der Waals surface area contributed by atoms with Crippen molar-refractivity contribution in [3.05, 3.63) is 60.2 Å². The number of benzene rings is 2. The van der Waals surface area contributed by atoms with Crippen LogP contribution in [0.15, 0.2) is 59.5 Å². The smallest absolute Gasteiger partial charge is 0.243 e. The molecule has 1 aliphatic rings. The Morgan fingerprint density at radius 1 is 1.12 bits per heavy atom. The van der Waals surface area contributed by atoms with Gasteiger partial charge in [-0.1, -0.05) is 43.7 Å². The number of rotatable bonds is 16. The maximum absolute atomic E-state index is 13.9. The molecule has 3 rings (SSSR count). The van der Waals surface area contributed by atoms with Crippen molar-refractivity contribution in [2.24, 2.45) is 5.92 Å². The maximum Gasteiger partial charge on any atom is 0.243 e. The van der Waals surface area contributed by atoms with Crippen molar-refractivity contribution in [3.8, 4) is 5.75 Å². The molecule has 41 heavy (non-hydrogen) atoms. The highest BCUT2D eigenvalue weighted by Crippen LogP contribution is 2.26. The molecule has 1 saturated heterocycles. The van der Waals surface area contributed by atoms with Gasteiger partial charge in [-0.05, 0) is 61.9 Å². The van der Waals surface area contributed by atoms with Crippen LogP contribution in [-0.2, 0) is 26.0 Å². The molecule has 4 atom stereocenters. The van der Waals surface area contributed by atoms with E-state index in [4.69, 9.17) is 9.47 Å². The van der Waals surface area contributed by atoms with Crippen molar-refractivity contribution in [3.63, 3.8) is 0 Å². The van der Waals surface area contributed by atoms with Crippen molar-refractivity contribution in [2.45, 2.75) is 69.0 Å². The summed E-state index contributed by atoms with van der Waals surface area (Å²) in [5.74, 6) is 0.362. The number of nitrogens with zero attached hydrogens (tertiary/aromatic N) is 2. The highest BCUT2D eigenvalue weighted by molar-refractivity contribution is 7.89. The van der Waals surface area contributed by atoms with E-state index in [1.807, 2.05) is 37.3 Å². The molecule has 2 aromatic rings. The van der Waals surface area contributed by atoms with Gasteiger partial charge in [0.2, 0.25) is 10.0 Å². The van der Waals surface area contributed by atoms with E-state index >= 15 is 0 Å². The summed E-state index contributed by atoms with van der Waals surface area (Å²) in [7, 11) is -2.63. The molecule has 226 valence electrons. The predicted molar refractivity (Wildman–Crippen MR) is 152 cm³/mol. The first-order valence-electron chi connectivity index (χ1n) is 14.0. The molecule has 10 nitrogen and oxygen atoms in total. The van der Waals surface area contributed by atoms with Gasteiger partial charge in [-0.25, -0.2) is 8.42 Å². The van der Waals surface area contributed by atoms with Gasteiger partial charge in [-0.15, -0.1) is 0 Å². The predicted octanol–water partition coefficient (Wildman–Crippen LogP) is 2.49. The van der Waals surface area contributed by atoms with Gasteiger partial charge in [-0.2, -0.15) is 4.31 Å². The fraction of sp³-hybridized carbons (Fsp3) is 0.533. The third kappa shape index (κ3) is 9.00. The van der Waals surface area contributed by atoms with E-state index in [0.29, 0.717) is 38.0 Å². The topological polar surface area (TPSA) is 137 Å². The highest BCUT2D eigenvalue weighted by Gasteiger charge is 2.37. The van der Waals surface area contributed by atoms with Crippen molar-refractivity contribution in [1.82, 2.24) is 9.21 Å². The standard InChI is InChI=1S/C30H42N2O8S/c1-4-23(11-10-22(2)33)19-31(41(37,38)27-14-12-26(39-3)13-15-27)20-29(34)28(18-24-8-6-5-7-9-24)32(30(35)36)25-16-17-40-21-25/h5-9,12-15,23,25,28-29,34H,4,10-11,16-21H2,1-3H3,(H,35,36)/p-1/t23?,25-,28-,29+/m0/s1. The summed E-state index contributed by atoms with van der Waals surface area (Å²) in [6, 6.07) is 13.6. The van der Waals surface area contributed by atoms with E-state index in [1.54, 1.807) is 12.1 Å². The maximum atomic E-state index is 13.9. The lowest BCUT2D eigenvalue weighted by atomic mass is 9.96. The van der Waals surface area contributed by atoms with E-state index in [9.17, 15) is 28.2 Å². The lowest BCUT2D eigenvalue weighted by Gasteiger charge is -2.41. The monoisotopic (exact) mass is 589 g/mol. The molecule has 1 fully saturated rings. The molecule has 1 aliphatic heterocycles. The van der Waals surface area contributed by atoms with Crippen LogP contribution >= 0.6 is 0 Å². The quantitative estimate of drug-likeness (QED) is 0.315. The van der Waals surface area contributed by atoms with Crippen LogP contribution in [0.2, 0.25) is 0 Å². The minimum atomic E-state index is -4.11. The summed E-state index contributed by atoms with van der Waals surface area (Å²) in [6.45, 7) is 3.69. The molecule has 0 saturated carbocycles. The van der Waals surface area contributed by atoms with Gasteiger partial charge in [0.05, 0.1) is 36.8 Å². The fourth-order valence-electron chi connectivity index (χ4n) is 5.19. The number of carbonyl (C=O) groups excluding carboxylic acids is 2. The number of carbonyl (C=O) groups is 2. The van der Waals surface area contributed by atoms with E-state index < -0.39 is 34.3 Å². The number of hydrogen-bond acceptors (Lipinski definition) is 8. The lowest BCUT2D eigenvalue weighted by Crippen LogP contribution is -2.59. The zero-order valence-corrected chi connectivity index (χ0v) is 24.8. The van der Waals surface area contributed by atoms with Crippen molar-refractivity contribution in [1.29, 1.82) is 0 Å². The first-order chi connectivity index (χ1) is 19.6. The van der Waals surface area contributed by atoms with E-state index in [2.05, 4.69) is 0 Å². The molecule has 2 aromatic carbocycles. The average molecular weight is 590 g/mol. The van der Waals surface area contributed by atoms with Gasteiger partial charge < -0.3 is 34.2 Å². The highest BCUT2D eigenvalue weighted by atomic mass is 32.2. The Morgan fingerprint density at radius 3 is 2.34 bits per heavy atom. The Morgan fingerprint density at radius 2 is 1.80 bits per heavy atom. The average Bonchev–Trinajstić information content (AvgIpc) is 3.48. The van der Waals surface area contributed by atoms with E-state index in [1.165, 1.54) is 30.5 Å². The normalized spacial score (nSPS) is 17.6. The number of Topliss-reactive ketones (excluding diaryl/α,β-unsaturated/α-hetero) is 1. The number of sulfonamides is 1. The molecule has 11 heteroatoms. The second-order valence-corrected chi connectivity index (χ2v) is 12.5. The second-order valence-electron chi connectivity index (χ2n) is 10.5. The number of methoxy groups -OCH3 is 1. The van der Waals surface area contributed by atoms with Crippen molar-refractivity contribution >= 4 is 21.9 Å². The van der Waals surface area contributed by atoms with Crippen molar-refractivity contribution in [2.75, 3.05) is 33.4 Å². The summed E-state index contributed by atoms with van der Waals surface area (Å²) in [5.41, 5.74) is 0.791. The van der Waals surface area contributed by atoms with Gasteiger partial charge in [0.25, 0.3) is 0 Å². The number of aliphatic hydroxyl groups excluding tert-OH is 1. The molecule has 1 heterocycles. The van der Waals surface area contributed by atoms with Crippen LogP contribution in [0.4, 0.5) is 4.79 Å². The largest absolute Gasteiger partial charge is 0.530 e. The molecule has 1 N–H and O–H groups in total. The Bertz CT molecular complexity index is 1220. The minimum absolute atomic E-state index is 0.0133. The first-order valence-corrected chi connectivity index (χ1v) is 15.4. The number of hydrogen-bond donors (Lipinski definition) is 1. The molecule has 0 aliphatic carbocycles. The number of carboxylic acid groups (broad SMARTS) is 1. The Balaban J connectivity index is 1.98. The van der Waals surface area contributed by atoms with Gasteiger partial charge in [-0.3, -0.25) is 0 Å². The number of ketones is 1. The van der Waals surface area contributed by atoms with E-state index in [-0.39, 0.29) is 42.7 Å². The zero-order chi connectivity index (χ0) is 30.0. The zero-order valence-electron chi connectivity index (χ0n) is 24.0. The van der Waals surface area contributed by atoms with Gasteiger partial charge >= 0.3 is 0 Å². The van der Waals surface area contributed by atoms with Gasteiger partial charge in [0, 0.05) is 26.1 Å². The van der Waals surface area contributed by atoms with Crippen molar-refractivity contribution < 1.29 is 37.7 Å². The third-order valence-electron chi connectivity index (χ3n) is 7.63. The van der Waals surface area contributed by atoms with Crippen LogP contribution in [0.3, 0.4) is 0 Å². The molecule has 0 bridgehead atoms. The van der Waals surface area contributed by atoms with Gasteiger partial charge in [0.15, 0.2) is 0 Å². The van der Waals surface area contributed by atoms with Crippen LogP contribution < -0.4 is 9.84 Å². The van der Waals surface area contributed by atoms with Crippen LogP contribution in [0, 0.1) is 5.92 Å². The molecule has 0 spiro atoms. The molecule has 1 unspecified atom stereocenters. The molecule has 0 radical (unpaired) electrons. The Labute approximate surface area is 242 Å². The van der Waals surface area contributed by atoms with Crippen LogP contribution in [0.5, 0.6) is 5.75 Å². The second kappa shape index (κ2) is 15.3. The number of ether oxygens (including phenoxy) is 2. The lowest BCUT2D eigenvalue weighted by molar-refractivity contribution is -0.272. The summed E-state index contributed by atoms with van der Waals surface area (Å²) in [4.78, 5) is 25.2. The van der Waals surface area contributed by atoms with Crippen LogP contribution in [-0.4, -0.2) is 86.2 Å². The molecule has 1 amide bonds. The molecular formula is C30H41N2O8S-. The number of amides is 1. The minimum Gasteiger partial charge on any atom is -0.530 e. The molecule has 0 aromatic heterocycles. The Hall–Kier alpha value is -2.99. The number of aliphatic hydroxyl groups is 1. The fourth-order valence-corrected chi connectivity index (χ4v) is 6.72. The summed E-state index contributed by atoms with van der Waals surface area (Å²) >= 11 is 0. The first kappa shape index (κ1) is 32.5. The summed E-state index contributed by atoms with van der Waals surface area (Å²) < 4.78 is 39.7. The SMILES string of the molecule is CCC(CCC(C)=O)CN(C[C@@H](O)[C@H](Cc1ccccc1)N(C(=O)[O-])[C@H]1CCOC1)S(=O)(=O)c1ccc(OC)cc1. The summed E-state index contributed by atoms with van der Waals surface area (Å²) in [5, 5.41) is 24.1. The Kier molecular flexibility index (Phi) is 12.1. The van der Waals surface area contributed by atoms with Gasteiger partial charge in [0.1, 0.15) is 17.6 Å². The van der Waals surface area contributed by atoms with Crippen LogP contribution in [0.1, 0.15) is 45.1 Å². The third-order valence-corrected chi connectivity index (χ3v) is 9.48.